The van der Waals surface area contributed by atoms with Gasteiger partial charge in [0.1, 0.15) is 23.9 Å². The predicted molar refractivity (Wildman–Crippen MR) is 85.6 cm³/mol. The van der Waals surface area contributed by atoms with Crippen LogP contribution in [0.3, 0.4) is 0 Å². The molecule has 23 heavy (non-hydrogen) atoms. The smallest absolute Gasteiger partial charge is 0.226 e. The van der Waals surface area contributed by atoms with Crippen molar-refractivity contribution in [3.8, 4) is 11.5 Å². The van der Waals surface area contributed by atoms with E-state index in [2.05, 4.69) is 15.3 Å². The molecule has 0 saturated heterocycles. The number of aryl methyl sites for hydroxylation is 1. The molecule has 0 radical (unpaired) electrons. The number of nitrogens with zero attached hydrogens (tertiary/aromatic N) is 1. The normalized spacial score (nSPS) is 16.3. The second-order valence-electron chi connectivity index (χ2n) is 5.62. The molecule has 2 N–H and O–H groups in total. The van der Waals surface area contributed by atoms with Gasteiger partial charge in [-0.2, -0.15) is 0 Å². The van der Waals surface area contributed by atoms with E-state index in [4.69, 9.17) is 9.47 Å². The zero-order chi connectivity index (χ0) is 16.1. The van der Waals surface area contributed by atoms with Crippen LogP contribution in [-0.4, -0.2) is 36.1 Å². The molecule has 2 aromatic rings. The Morgan fingerprint density at radius 2 is 2.43 bits per heavy atom. The lowest BCUT2D eigenvalue weighted by atomic mass is 9.95. The second-order valence-corrected chi connectivity index (χ2v) is 5.62. The van der Waals surface area contributed by atoms with Crippen molar-refractivity contribution < 1.29 is 14.3 Å². The van der Waals surface area contributed by atoms with Crippen molar-refractivity contribution in [3.63, 3.8) is 0 Å². The topological polar surface area (TPSA) is 76.2 Å². The third-order valence-electron chi connectivity index (χ3n) is 3.99. The van der Waals surface area contributed by atoms with Crippen LogP contribution in [0.15, 0.2) is 30.6 Å². The zero-order valence-electron chi connectivity index (χ0n) is 13.2. The Hall–Kier alpha value is -2.50. The predicted octanol–water partition coefficient (Wildman–Crippen LogP) is 1.72. The molecule has 1 atom stereocenters. The number of hydrogen-bond donors (Lipinski definition) is 2. The summed E-state index contributed by atoms with van der Waals surface area (Å²) in [6.07, 6.45) is 5.90. The van der Waals surface area contributed by atoms with Crippen molar-refractivity contribution in [2.45, 2.75) is 19.3 Å². The number of hydrogen-bond acceptors (Lipinski definition) is 4. The quantitative estimate of drug-likeness (QED) is 0.796. The van der Waals surface area contributed by atoms with Crippen molar-refractivity contribution in [3.05, 3.63) is 42.0 Å². The first-order valence-electron chi connectivity index (χ1n) is 7.82. The van der Waals surface area contributed by atoms with Gasteiger partial charge in [-0.05, 0) is 36.6 Å². The Bertz CT molecular complexity index is 655. The van der Waals surface area contributed by atoms with E-state index in [1.807, 2.05) is 18.2 Å². The van der Waals surface area contributed by atoms with Gasteiger partial charge in [0.25, 0.3) is 0 Å². The largest absolute Gasteiger partial charge is 0.497 e. The first-order chi connectivity index (χ1) is 11.3. The average molecular weight is 315 g/mol. The van der Waals surface area contributed by atoms with E-state index < -0.39 is 0 Å². The summed E-state index contributed by atoms with van der Waals surface area (Å²) in [6, 6.07) is 5.70. The summed E-state index contributed by atoms with van der Waals surface area (Å²) in [4.78, 5) is 19.5. The SMILES string of the molecule is COc1ccc2c(c1)C[C@@H](C(=O)NCCCc1ncc[nH]1)CO2. The van der Waals surface area contributed by atoms with Crippen LogP contribution in [0.1, 0.15) is 17.8 Å². The number of imidazole rings is 1. The molecule has 1 aromatic carbocycles. The summed E-state index contributed by atoms with van der Waals surface area (Å²) in [7, 11) is 1.63. The summed E-state index contributed by atoms with van der Waals surface area (Å²) in [6.45, 7) is 1.06. The van der Waals surface area contributed by atoms with Crippen LogP contribution in [0.5, 0.6) is 11.5 Å². The molecule has 6 nitrogen and oxygen atoms in total. The van der Waals surface area contributed by atoms with Gasteiger partial charge in [-0.15, -0.1) is 0 Å². The number of methoxy groups -OCH3 is 1. The fourth-order valence-corrected chi connectivity index (χ4v) is 2.71. The molecular weight excluding hydrogens is 294 g/mol. The van der Waals surface area contributed by atoms with Gasteiger partial charge >= 0.3 is 0 Å². The summed E-state index contributed by atoms with van der Waals surface area (Å²) < 4.78 is 10.9. The highest BCUT2D eigenvalue weighted by molar-refractivity contribution is 5.79. The molecule has 0 spiro atoms. The van der Waals surface area contributed by atoms with E-state index in [0.29, 0.717) is 19.6 Å². The maximum Gasteiger partial charge on any atom is 0.226 e. The lowest BCUT2D eigenvalue weighted by Crippen LogP contribution is -2.37. The van der Waals surface area contributed by atoms with E-state index in [-0.39, 0.29) is 11.8 Å². The fourth-order valence-electron chi connectivity index (χ4n) is 2.71. The highest BCUT2D eigenvalue weighted by Gasteiger charge is 2.26. The second kappa shape index (κ2) is 7.17. The van der Waals surface area contributed by atoms with Gasteiger partial charge in [-0.1, -0.05) is 0 Å². The number of benzene rings is 1. The number of ether oxygens (including phenoxy) is 2. The van der Waals surface area contributed by atoms with Crippen molar-refractivity contribution in [1.29, 1.82) is 0 Å². The molecule has 0 aliphatic carbocycles. The van der Waals surface area contributed by atoms with Crippen molar-refractivity contribution in [2.75, 3.05) is 20.3 Å². The van der Waals surface area contributed by atoms with Crippen LogP contribution in [-0.2, 0) is 17.6 Å². The maximum absolute atomic E-state index is 12.3. The maximum atomic E-state index is 12.3. The first kappa shape index (κ1) is 15.4. The molecule has 0 saturated carbocycles. The number of fused-ring (bicyclic) bond motifs is 1. The molecule has 0 unspecified atom stereocenters. The lowest BCUT2D eigenvalue weighted by molar-refractivity contribution is -0.126. The van der Waals surface area contributed by atoms with Gasteiger partial charge in [0.2, 0.25) is 5.91 Å². The number of amides is 1. The minimum Gasteiger partial charge on any atom is -0.497 e. The molecule has 0 fully saturated rings. The van der Waals surface area contributed by atoms with Crippen molar-refractivity contribution in [1.82, 2.24) is 15.3 Å². The van der Waals surface area contributed by atoms with Gasteiger partial charge in [0, 0.05) is 25.4 Å². The molecule has 122 valence electrons. The summed E-state index contributed by atoms with van der Waals surface area (Å²) in [5, 5.41) is 2.98. The third kappa shape index (κ3) is 3.83. The lowest BCUT2D eigenvalue weighted by Gasteiger charge is -2.25. The fraction of sp³-hybridized carbons (Fsp3) is 0.412. The first-order valence-corrected chi connectivity index (χ1v) is 7.82. The molecule has 1 aliphatic heterocycles. The average Bonchev–Trinajstić information content (AvgIpc) is 3.11. The zero-order valence-corrected chi connectivity index (χ0v) is 13.2. The number of carbonyl (C=O) groups excluding carboxylic acids is 1. The van der Waals surface area contributed by atoms with E-state index >= 15 is 0 Å². The Balaban J connectivity index is 1.48. The van der Waals surface area contributed by atoms with Crippen molar-refractivity contribution >= 4 is 5.91 Å². The highest BCUT2D eigenvalue weighted by atomic mass is 16.5. The Morgan fingerprint density at radius 1 is 1.52 bits per heavy atom. The third-order valence-corrected chi connectivity index (χ3v) is 3.99. The van der Waals surface area contributed by atoms with Crippen LogP contribution >= 0.6 is 0 Å². The van der Waals surface area contributed by atoms with Gasteiger partial charge < -0.3 is 19.8 Å². The number of aromatic nitrogens is 2. The van der Waals surface area contributed by atoms with Crippen LogP contribution in [0.25, 0.3) is 0 Å². The monoisotopic (exact) mass is 315 g/mol. The van der Waals surface area contributed by atoms with E-state index in [0.717, 1.165) is 35.7 Å². The molecule has 3 rings (SSSR count). The van der Waals surface area contributed by atoms with Crippen LogP contribution in [0, 0.1) is 5.92 Å². The number of aromatic amines is 1. The molecular formula is C17H21N3O3. The number of H-pyrrole nitrogens is 1. The van der Waals surface area contributed by atoms with Crippen molar-refractivity contribution in [2.24, 2.45) is 5.92 Å². The number of carbonyl (C=O) groups is 1. The molecule has 1 aromatic heterocycles. The molecule has 0 bridgehead atoms. The van der Waals surface area contributed by atoms with Gasteiger partial charge in [0.15, 0.2) is 0 Å². The minimum atomic E-state index is -0.154. The summed E-state index contributed by atoms with van der Waals surface area (Å²) >= 11 is 0. The molecule has 1 amide bonds. The summed E-state index contributed by atoms with van der Waals surface area (Å²) in [5.74, 6) is 2.46. The van der Waals surface area contributed by atoms with Crippen LogP contribution < -0.4 is 14.8 Å². The van der Waals surface area contributed by atoms with Crippen LogP contribution in [0.4, 0.5) is 0 Å². The van der Waals surface area contributed by atoms with Crippen LogP contribution in [0.2, 0.25) is 0 Å². The standard InChI is InChI=1S/C17H21N3O3/c1-22-14-4-5-15-12(10-14)9-13(11-23-15)17(21)20-6-2-3-16-18-7-8-19-16/h4-5,7-8,10,13H,2-3,6,9,11H2,1H3,(H,18,19)(H,20,21)/t13-/m1/s1. The molecule has 6 heteroatoms. The van der Waals surface area contributed by atoms with Gasteiger partial charge in [-0.3, -0.25) is 4.79 Å². The van der Waals surface area contributed by atoms with Gasteiger partial charge in [-0.25, -0.2) is 4.98 Å². The number of nitrogens with one attached hydrogen (secondary N) is 2. The molecule has 1 aliphatic rings. The van der Waals surface area contributed by atoms with E-state index in [1.54, 1.807) is 19.5 Å². The van der Waals surface area contributed by atoms with E-state index in [9.17, 15) is 4.79 Å². The Kier molecular flexibility index (Phi) is 4.80. The molecule has 2 heterocycles. The minimum absolute atomic E-state index is 0.0397. The highest BCUT2D eigenvalue weighted by Crippen LogP contribution is 2.30. The van der Waals surface area contributed by atoms with E-state index in [1.165, 1.54) is 0 Å². The summed E-state index contributed by atoms with van der Waals surface area (Å²) in [5.41, 5.74) is 1.02. The Labute approximate surface area is 135 Å². The Morgan fingerprint density at radius 3 is 3.22 bits per heavy atom. The van der Waals surface area contributed by atoms with Gasteiger partial charge in [0.05, 0.1) is 13.0 Å². The number of rotatable bonds is 6.